The average Bonchev–Trinajstić information content (AvgIpc) is 3.05. The molecule has 1 saturated carbocycles. The van der Waals surface area contributed by atoms with Crippen molar-refractivity contribution < 1.29 is 14.4 Å². The molecule has 4 nitrogen and oxygen atoms in total. The summed E-state index contributed by atoms with van der Waals surface area (Å²) < 4.78 is 0. The second-order valence-electron chi connectivity index (χ2n) is 4.86. The molecule has 1 aromatic rings. The van der Waals surface area contributed by atoms with Gasteiger partial charge in [0.1, 0.15) is 0 Å². The van der Waals surface area contributed by atoms with Crippen LogP contribution in [0.3, 0.4) is 0 Å². The monoisotopic (exact) mass is 290 g/mol. The third-order valence-electron chi connectivity index (χ3n) is 3.33. The fourth-order valence-electron chi connectivity index (χ4n) is 2.20. The molecule has 0 atom stereocenters. The molecule has 1 N–H and O–H groups in total. The van der Waals surface area contributed by atoms with E-state index in [1.54, 1.807) is 12.1 Å². The molecule has 2 aliphatic rings. The summed E-state index contributed by atoms with van der Waals surface area (Å²) in [6.07, 6.45) is 11.2. The highest BCUT2D eigenvalue weighted by Gasteiger charge is 2.21. The minimum Gasteiger partial charge on any atom is -0.322 e. The number of benzene rings is 1. The fraction of sp³-hybridized carbons (Fsp3) is 0. The minimum atomic E-state index is -0.580. The molecule has 0 aromatic heterocycles. The summed E-state index contributed by atoms with van der Waals surface area (Å²) in [5, 5.41) is 2.62. The van der Waals surface area contributed by atoms with Gasteiger partial charge in [0.25, 0.3) is 5.91 Å². The van der Waals surface area contributed by atoms with Crippen LogP contribution < -0.4 is 5.32 Å². The van der Waals surface area contributed by atoms with Crippen molar-refractivity contribution in [1.29, 1.82) is 0 Å². The van der Waals surface area contributed by atoms with E-state index in [9.17, 15) is 14.4 Å². The highest BCUT2D eigenvalue weighted by atomic mass is 16.2. The molecule has 0 saturated heterocycles. The SMILES string of the molecule is O=C1C=CC(=O)C(C(=O)Nc2ccc([C]3[CH][CH][CH][CH]3)cc2)=C1. The van der Waals surface area contributed by atoms with Crippen molar-refractivity contribution in [3.05, 3.63) is 85.2 Å². The smallest absolute Gasteiger partial charge is 0.259 e. The number of allylic oxidation sites excluding steroid dienone is 3. The Bertz CT molecular complexity index is 677. The Labute approximate surface area is 128 Å². The summed E-state index contributed by atoms with van der Waals surface area (Å²) >= 11 is 0. The molecule has 0 unspecified atom stereocenters. The van der Waals surface area contributed by atoms with Gasteiger partial charge in [-0.1, -0.05) is 12.1 Å². The summed E-state index contributed by atoms with van der Waals surface area (Å²) in [4.78, 5) is 34.9. The number of nitrogens with one attached hydrogen (secondary N) is 1. The quantitative estimate of drug-likeness (QED) is 0.684. The number of rotatable bonds is 3. The van der Waals surface area contributed by atoms with Gasteiger partial charge in [-0.2, -0.15) is 0 Å². The van der Waals surface area contributed by atoms with Crippen LogP contribution in [-0.2, 0) is 14.4 Å². The van der Waals surface area contributed by atoms with E-state index in [4.69, 9.17) is 0 Å². The Balaban J connectivity index is 1.69. The first-order valence-corrected chi connectivity index (χ1v) is 6.75. The zero-order chi connectivity index (χ0) is 15.5. The van der Waals surface area contributed by atoms with Crippen LogP contribution in [0.5, 0.6) is 0 Å². The Morgan fingerprint density at radius 1 is 0.909 bits per heavy atom. The van der Waals surface area contributed by atoms with Crippen LogP contribution in [0.2, 0.25) is 0 Å². The van der Waals surface area contributed by atoms with Gasteiger partial charge in [0.2, 0.25) is 0 Å². The summed E-state index contributed by atoms with van der Waals surface area (Å²) in [6.45, 7) is 0. The number of carbonyl (C=O) groups excluding carboxylic acids is 3. The van der Waals surface area contributed by atoms with Crippen molar-refractivity contribution in [1.82, 2.24) is 0 Å². The number of carbonyl (C=O) groups is 3. The summed E-state index contributed by atoms with van der Waals surface area (Å²) in [7, 11) is 0. The zero-order valence-electron chi connectivity index (χ0n) is 11.6. The molecule has 0 spiro atoms. The summed E-state index contributed by atoms with van der Waals surface area (Å²) in [5.41, 5.74) is 1.46. The number of amides is 1. The Morgan fingerprint density at radius 2 is 1.59 bits per heavy atom. The number of hydrogen-bond acceptors (Lipinski definition) is 3. The van der Waals surface area contributed by atoms with E-state index >= 15 is 0 Å². The van der Waals surface area contributed by atoms with Crippen molar-refractivity contribution in [3.63, 3.8) is 0 Å². The van der Waals surface area contributed by atoms with Crippen LogP contribution in [0.25, 0.3) is 0 Å². The van der Waals surface area contributed by atoms with E-state index in [1.165, 1.54) is 0 Å². The van der Waals surface area contributed by atoms with Gasteiger partial charge in [-0.15, -0.1) is 0 Å². The first-order valence-electron chi connectivity index (χ1n) is 6.75. The van der Waals surface area contributed by atoms with Gasteiger partial charge in [-0.05, 0) is 55.5 Å². The predicted octanol–water partition coefficient (Wildman–Crippen LogP) is 2.01. The van der Waals surface area contributed by atoms with E-state index in [2.05, 4.69) is 5.32 Å². The molecule has 1 amide bonds. The highest BCUT2D eigenvalue weighted by molar-refractivity contribution is 6.32. The van der Waals surface area contributed by atoms with Gasteiger partial charge >= 0.3 is 0 Å². The topological polar surface area (TPSA) is 63.2 Å². The molecule has 2 aliphatic carbocycles. The van der Waals surface area contributed by atoms with Gasteiger partial charge in [-0.3, -0.25) is 14.4 Å². The van der Waals surface area contributed by atoms with E-state index in [-0.39, 0.29) is 11.4 Å². The summed E-state index contributed by atoms with van der Waals surface area (Å²) in [6, 6.07) is 7.28. The maximum absolute atomic E-state index is 12.1. The average molecular weight is 290 g/mol. The second kappa shape index (κ2) is 6.10. The largest absolute Gasteiger partial charge is 0.322 e. The standard InChI is InChI=1S/C18H12NO3/c20-15-9-10-17(21)16(11-15)18(22)19-14-7-5-13(6-8-14)12-3-1-2-4-12/h1-11H,(H,19,22). The van der Waals surface area contributed by atoms with Crippen molar-refractivity contribution in [3.8, 4) is 0 Å². The molecular formula is C18H12NO3. The Kier molecular flexibility index (Phi) is 4.00. The first kappa shape index (κ1) is 14.4. The van der Waals surface area contributed by atoms with E-state index in [1.807, 2.05) is 37.8 Å². The van der Waals surface area contributed by atoms with Crippen molar-refractivity contribution in [2.45, 2.75) is 0 Å². The highest BCUT2D eigenvalue weighted by Crippen LogP contribution is 2.30. The van der Waals surface area contributed by atoms with Gasteiger partial charge in [-0.25, -0.2) is 0 Å². The molecular weight excluding hydrogens is 278 g/mol. The number of hydrogen-bond donors (Lipinski definition) is 1. The van der Waals surface area contributed by atoms with Crippen LogP contribution in [-0.4, -0.2) is 17.5 Å². The van der Waals surface area contributed by atoms with Gasteiger partial charge in [0.05, 0.1) is 5.57 Å². The molecule has 0 bridgehead atoms. The lowest BCUT2D eigenvalue weighted by Crippen LogP contribution is -2.22. The van der Waals surface area contributed by atoms with Gasteiger partial charge in [0, 0.05) is 17.7 Å². The predicted molar refractivity (Wildman–Crippen MR) is 81.9 cm³/mol. The van der Waals surface area contributed by atoms with Crippen LogP contribution in [0.1, 0.15) is 5.56 Å². The zero-order valence-corrected chi connectivity index (χ0v) is 11.6. The molecule has 0 heterocycles. The maximum atomic E-state index is 12.1. The molecule has 5 radical (unpaired) electrons. The molecule has 1 aromatic carbocycles. The molecule has 1 fully saturated rings. The number of ketones is 2. The molecule has 0 aliphatic heterocycles. The van der Waals surface area contributed by atoms with Crippen molar-refractivity contribution in [2.75, 3.05) is 5.32 Å². The maximum Gasteiger partial charge on any atom is 0.259 e. The Hall–Kier alpha value is -2.49. The molecule has 4 heteroatoms. The summed E-state index contributed by atoms with van der Waals surface area (Å²) in [5.74, 6) is -0.315. The number of anilines is 1. The fourth-order valence-corrected chi connectivity index (χ4v) is 2.20. The minimum absolute atomic E-state index is 0.146. The van der Waals surface area contributed by atoms with Gasteiger partial charge < -0.3 is 5.32 Å². The van der Waals surface area contributed by atoms with E-state index in [0.717, 1.165) is 29.7 Å². The second-order valence-corrected chi connectivity index (χ2v) is 4.86. The normalized spacial score (nSPS) is 18.5. The van der Waals surface area contributed by atoms with Crippen molar-refractivity contribution >= 4 is 23.2 Å². The lowest BCUT2D eigenvalue weighted by Gasteiger charge is -2.11. The van der Waals surface area contributed by atoms with Crippen molar-refractivity contribution in [2.24, 2.45) is 0 Å². The third kappa shape index (κ3) is 3.06. The van der Waals surface area contributed by atoms with Crippen LogP contribution in [0.15, 0.2) is 48.1 Å². The van der Waals surface area contributed by atoms with Crippen LogP contribution in [0.4, 0.5) is 5.69 Å². The molecule has 3 rings (SSSR count). The first-order chi connectivity index (χ1) is 10.6. The molecule has 107 valence electrons. The molecule has 22 heavy (non-hydrogen) atoms. The lowest BCUT2D eigenvalue weighted by atomic mass is 9.97. The third-order valence-corrected chi connectivity index (χ3v) is 3.33. The Morgan fingerprint density at radius 3 is 2.27 bits per heavy atom. The van der Waals surface area contributed by atoms with E-state index < -0.39 is 11.7 Å². The van der Waals surface area contributed by atoms with Crippen LogP contribution >= 0.6 is 0 Å². The lowest BCUT2D eigenvalue weighted by molar-refractivity contribution is -0.119. The van der Waals surface area contributed by atoms with E-state index in [0.29, 0.717) is 5.69 Å². The van der Waals surface area contributed by atoms with Gasteiger partial charge in [0.15, 0.2) is 11.6 Å². The van der Waals surface area contributed by atoms with Crippen LogP contribution in [0, 0.1) is 31.6 Å².